The van der Waals surface area contributed by atoms with Gasteiger partial charge in [-0.1, -0.05) is 6.08 Å². The van der Waals surface area contributed by atoms with Gasteiger partial charge in [0.05, 0.1) is 6.61 Å². The molecule has 1 aliphatic rings. The lowest BCUT2D eigenvalue weighted by molar-refractivity contribution is -0.131. The molecule has 0 unspecified atom stereocenters. The van der Waals surface area contributed by atoms with Crippen LogP contribution in [0, 0.1) is 0 Å². The Kier molecular flexibility index (Phi) is 4.84. The van der Waals surface area contributed by atoms with Crippen LogP contribution in [0.4, 0.5) is 5.95 Å². The molecule has 1 aliphatic heterocycles. The number of carboxylic acid groups (broad SMARTS) is 1. The van der Waals surface area contributed by atoms with E-state index in [0.717, 1.165) is 25.6 Å². The maximum absolute atomic E-state index is 10.4. The minimum Gasteiger partial charge on any atom is -0.478 e. The highest BCUT2D eigenvalue weighted by atomic mass is 16.5. The molecule has 0 aromatic carbocycles. The number of ether oxygens (including phenoxy) is 1. The molecule has 106 valence electrons. The molecule has 0 bridgehead atoms. The van der Waals surface area contributed by atoms with Crippen LogP contribution in [0.15, 0.2) is 30.1 Å². The van der Waals surface area contributed by atoms with Crippen LogP contribution >= 0.6 is 0 Å². The van der Waals surface area contributed by atoms with Crippen molar-refractivity contribution in [1.82, 2.24) is 9.97 Å². The molecule has 2 heterocycles. The average molecular weight is 275 g/mol. The number of carboxylic acids is 1. The van der Waals surface area contributed by atoms with Gasteiger partial charge >= 0.3 is 5.97 Å². The fourth-order valence-electron chi connectivity index (χ4n) is 1.96. The Balaban J connectivity index is 1.99. The van der Waals surface area contributed by atoms with Gasteiger partial charge in [-0.05, 0) is 18.1 Å². The number of hydrogen-bond acceptors (Lipinski definition) is 5. The number of nitrogens with zero attached hydrogens (tertiary/aromatic N) is 3. The normalized spacial score (nSPS) is 15.4. The van der Waals surface area contributed by atoms with E-state index in [1.807, 2.05) is 0 Å². The summed E-state index contributed by atoms with van der Waals surface area (Å²) in [6.07, 6.45) is 8.86. The zero-order valence-electron chi connectivity index (χ0n) is 11.3. The molecule has 20 heavy (non-hydrogen) atoms. The lowest BCUT2D eigenvalue weighted by atomic mass is 10.1. The van der Waals surface area contributed by atoms with Crippen LogP contribution in [-0.2, 0) is 9.53 Å². The number of carbonyl (C=O) groups is 1. The summed E-state index contributed by atoms with van der Waals surface area (Å²) < 4.78 is 5.11. The molecule has 0 amide bonds. The van der Waals surface area contributed by atoms with Crippen LogP contribution in [0.3, 0.4) is 0 Å². The van der Waals surface area contributed by atoms with Crippen LogP contribution < -0.4 is 4.90 Å². The summed E-state index contributed by atoms with van der Waals surface area (Å²) in [6.45, 7) is 2.30. The van der Waals surface area contributed by atoms with E-state index in [0.29, 0.717) is 18.1 Å². The van der Waals surface area contributed by atoms with E-state index in [-0.39, 0.29) is 0 Å². The SMILES string of the molecule is COCC1=CCN(c2ncc(/C=C/C(=O)O)cn2)CC1. The second-order valence-electron chi connectivity index (χ2n) is 4.48. The van der Waals surface area contributed by atoms with Crippen LogP contribution in [-0.4, -0.2) is 47.8 Å². The number of hydrogen-bond donors (Lipinski definition) is 1. The molecule has 0 radical (unpaired) electrons. The number of methoxy groups -OCH3 is 1. The van der Waals surface area contributed by atoms with Gasteiger partial charge < -0.3 is 14.7 Å². The predicted molar refractivity (Wildman–Crippen MR) is 75.5 cm³/mol. The smallest absolute Gasteiger partial charge is 0.328 e. The molecule has 0 aliphatic carbocycles. The summed E-state index contributed by atoms with van der Waals surface area (Å²) in [6, 6.07) is 0. The molecule has 1 aromatic rings. The van der Waals surface area contributed by atoms with Gasteiger partial charge in [-0.25, -0.2) is 14.8 Å². The number of aliphatic carboxylic acids is 1. The van der Waals surface area contributed by atoms with Gasteiger partial charge in [0.25, 0.3) is 0 Å². The maximum Gasteiger partial charge on any atom is 0.328 e. The topological polar surface area (TPSA) is 75.5 Å². The van der Waals surface area contributed by atoms with Crippen LogP contribution in [0.1, 0.15) is 12.0 Å². The summed E-state index contributed by atoms with van der Waals surface area (Å²) >= 11 is 0. The van der Waals surface area contributed by atoms with Crippen molar-refractivity contribution in [2.45, 2.75) is 6.42 Å². The van der Waals surface area contributed by atoms with E-state index in [1.165, 1.54) is 11.6 Å². The van der Waals surface area contributed by atoms with Crippen molar-refractivity contribution >= 4 is 18.0 Å². The lowest BCUT2D eigenvalue weighted by Gasteiger charge is -2.26. The third kappa shape index (κ3) is 3.89. The Hall–Kier alpha value is -2.21. The molecule has 6 nitrogen and oxygen atoms in total. The van der Waals surface area contributed by atoms with Crippen LogP contribution in [0.2, 0.25) is 0 Å². The molecule has 0 saturated heterocycles. The van der Waals surface area contributed by atoms with E-state index in [1.54, 1.807) is 19.5 Å². The van der Waals surface area contributed by atoms with E-state index in [2.05, 4.69) is 20.9 Å². The Labute approximate surface area is 117 Å². The first kappa shape index (κ1) is 14.2. The zero-order chi connectivity index (χ0) is 14.4. The van der Waals surface area contributed by atoms with Gasteiger partial charge in [-0.2, -0.15) is 0 Å². The maximum atomic E-state index is 10.4. The summed E-state index contributed by atoms with van der Waals surface area (Å²) in [5.74, 6) is -0.328. The first-order valence-electron chi connectivity index (χ1n) is 6.34. The van der Waals surface area contributed by atoms with Crippen molar-refractivity contribution in [2.24, 2.45) is 0 Å². The van der Waals surface area contributed by atoms with Gasteiger partial charge in [0, 0.05) is 44.2 Å². The minimum atomic E-state index is -0.985. The molecule has 0 atom stereocenters. The second-order valence-corrected chi connectivity index (χ2v) is 4.48. The minimum absolute atomic E-state index is 0.658. The molecule has 0 fully saturated rings. The summed E-state index contributed by atoms with van der Waals surface area (Å²) in [5.41, 5.74) is 1.97. The Morgan fingerprint density at radius 1 is 1.50 bits per heavy atom. The average Bonchev–Trinajstić information content (AvgIpc) is 2.47. The molecular weight excluding hydrogens is 258 g/mol. The third-order valence-corrected chi connectivity index (χ3v) is 2.99. The van der Waals surface area contributed by atoms with Crippen molar-refractivity contribution in [3.8, 4) is 0 Å². The lowest BCUT2D eigenvalue weighted by Crippen LogP contribution is -2.30. The van der Waals surface area contributed by atoms with Gasteiger partial charge in [0.15, 0.2) is 0 Å². The fraction of sp³-hybridized carbons (Fsp3) is 0.357. The van der Waals surface area contributed by atoms with Gasteiger partial charge in [0.2, 0.25) is 5.95 Å². The van der Waals surface area contributed by atoms with E-state index >= 15 is 0 Å². The predicted octanol–water partition coefficient (Wildman–Crippen LogP) is 1.36. The van der Waals surface area contributed by atoms with Gasteiger partial charge in [-0.15, -0.1) is 0 Å². The van der Waals surface area contributed by atoms with Crippen molar-refractivity contribution in [2.75, 3.05) is 31.7 Å². The Morgan fingerprint density at radius 2 is 2.25 bits per heavy atom. The summed E-state index contributed by atoms with van der Waals surface area (Å²) in [5, 5.41) is 8.55. The van der Waals surface area contributed by atoms with E-state index < -0.39 is 5.97 Å². The van der Waals surface area contributed by atoms with Gasteiger partial charge in [0.1, 0.15) is 0 Å². The zero-order valence-corrected chi connectivity index (χ0v) is 11.3. The monoisotopic (exact) mass is 275 g/mol. The molecule has 2 rings (SSSR count). The Bertz CT molecular complexity index is 523. The van der Waals surface area contributed by atoms with Crippen molar-refractivity contribution in [3.05, 3.63) is 35.7 Å². The molecular formula is C14H17N3O3. The summed E-state index contributed by atoms with van der Waals surface area (Å²) in [4.78, 5) is 21.0. The summed E-state index contributed by atoms with van der Waals surface area (Å²) in [7, 11) is 1.69. The van der Waals surface area contributed by atoms with Crippen molar-refractivity contribution < 1.29 is 14.6 Å². The number of aromatic nitrogens is 2. The van der Waals surface area contributed by atoms with Crippen molar-refractivity contribution in [1.29, 1.82) is 0 Å². The molecule has 1 N–H and O–H groups in total. The second kappa shape index (κ2) is 6.81. The highest BCUT2D eigenvalue weighted by Gasteiger charge is 2.13. The standard InChI is InChI=1S/C14H17N3O3/c1-20-10-11-4-6-17(7-5-11)14-15-8-12(9-16-14)2-3-13(18)19/h2-4,8-9H,5-7,10H2,1H3,(H,18,19)/b3-2+. The van der Waals surface area contributed by atoms with Crippen LogP contribution in [0.5, 0.6) is 0 Å². The first-order chi connectivity index (χ1) is 9.69. The number of rotatable bonds is 5. The first-order valence-corrected chi connectivity index (χ1v) is 6.34. The largest absolute Gasteiger partial charge is 0.478 e. The molecule has 6 heteroatoms. The van der Waals surface area contributed by atoms with Crippen LogP contribution in [0.25, 0.3) is 6.08 Å². The molecule has 0 spiro atoms. The Morgan fingerprint density at radius 3 is 2.80 bits per heavy atom. The fourth-order valence-corrected chi connectivity index (χ4v) is 1.96. The van der Waals surface area contributed by atoms with Gasteiger partial charge in [-0.3, -0.25) is 0 Å². The quantitative estimate of drug-likeness (QED) is 0.646. The molecule has 1 aromatic heterocycles. The molecule has 0 saturated carbocycles. The van der Waals surface area contributed by atoms with E-state index in [4.69, 9.17) is 9.84 Å². The highest BCUT2D eigenvalue weighted by molar-refractivity contribution is 5.85. The van der Waals surface area contributed by atoms with Crippen molar-refractivity contribution in [3.63, 3.8) is 0 Å². The number of anilines is 1. The highest BCUT2D eigenvalue weighted by Crippen LogP contribution is 2.16. The van der Waals surface area contributed by atoms with E-state index in [9.17, 15) is 4.79 Å². The third-order valence-electron chi connectivity index (χ3n) is 2.99.